The molecule has 0 aliphatic carbocycles. The van der Waals surface area contributed by atoms with E-state index in [4.69, 9.17) is 23.2 Å². The van der Waals surface area contributed by atoms with Gasteiger partial charge in [0.05, 0.1) is 27.5 Å². The molecule has 0 radical (unpaired) electrons. The van der Waals surface area contributed by atoms with E-state index in [2.05, 4.69) is 22.2 Å². The Bertz CT molecular complexity index is 1180. The van der Waals surface area contributed by atoms with Crippen molar-refractivity contribution in [3.63, 3.8) is 0 Å². The quantitative estimate of drug-likeness (QED) is 0.478. The van der Waals surface area contributed by atoms with E-state index in [1.54, 1.807) is 17.2 Å². The number of fused-ring (bicyclic) bond motifs is 1. The molecule has 32 heavy (non-hydrogen) atoms. The van der Waals surface area contributed by atoms with E-state index in [1.807, 2.05) is 24.0 Å². The molecule has 0 spiro atoms. The molecule has 1 aliphatic rings. The van der Waals surface area contributed by atoms with Gasteiger partial charge < -0.3 is 10.2 Å². The van der Waals surface area contributed by atoms with Crippen LogP contribution in [0.15, 0.2) is 36.7 Å². The van der Waals surface area contributed by atoms with Crippen molar-refractivity contribution >= 4 is 57.4 Å². The van der Waals surface area contributed by atoms with Crippen LogP contribution in [0.1, 0.15) is 35.7 Å². The molecule has 0 saturated carbocycles. The number of aryl methyl sites for hydroxylation is 1. The van der Waals surface area contributed by atoms with Gasteiger partial charge in [-0.05, 0) is 31.0 Å². The van der Waals surface area contributed by atoms with E-state index in [0.717, 1.165) is 36.0 Å². The average Bonchev–Trinajstić information content (AvgIpc) is 3.12. The Labute approximate surface area is 196 Å². The lowest BCUT2D eigenvalue weighted by molar-refractivity contribution is 0.102. The zero-order chi connectivity index (χ0) is 22.8. The van der Waals surface area contributed by atoms with Crippen LogP contribution in [-0.2, 0) is 0 Å². The van der Waals surface area contributed by atoms with Crippen molar-refractivity contribution in [2.75, 3.05) is 29.9 Å². The lowest BCUT2D eigenvalue weighted by atomic mass is 10.1. The minimum atomic E-state index is -0.479. The Kier molecular flexibility index (Phi) is 6.48. The average molecular weight is 472 g/mol. The van der Waals surface area contributed by atoms with E-state index >= 15 is 0 Å². The maximum Gasteiger partial charge on any atom is 0.324 e. The number of nitrogens with one attached hydrogen (secondary N) is 1. The second-order valence-corrected chi connectivity index (χ2v) is 8.44. The SMILES string of the molecule is CCCCN1CCN(c2c(C)cnc3c(NC(=O)c4c(Cl)ccnc4Cl)cccc23)C1=O. The molecule has 7 nitrogen and oxygen atoms in total. The largest absolute Gasteiger partial charge is 0.324 e. The molecule has 0 atom stereocenters. The number of anilines is 2. The Morgan fingerprint density at radius 2 is 2.00 bits per heavy atom. The number of carbonyl (C=O) groups excluding carboxylic acids is 2. The molecule has 1 saturated heterocycles. The summed E-state index contributed by atoms with van der Waals surface area (Å²) >= 11 is 12.2. The number of carbonyl (C=O) groups is 2. The molecule has 1 aliphatic heterocycles. The third-order valence-electron chi connectivity index (χ3n) is 5.53. The van der Waals surface area contributed by atoms with Crippen LogP contribution in [0.3, 0.4) is 0 Å². The van der Waals surface area contributed by atoms with Crippen LogP contribution in [0.5, 0.6) is 0 Å². The van der Waals surface area contributed by atoms with Gasteiger partial charge in [0.1, 0.15) is 5.15 Å². The first-order chi connectivity index (χ1) is 15.4. The fourth-order valence-corrected chi connectivity index (χ4v) is 4.44. The first-order valence-corrected chi connectivity index (χ1v) is 11.2. The summed E-state index contributed by atoms with van der Waals surface area (Å²) < 4.78 is 0. The van der Waals surface area contributed by atoms with Gasteiger partial charge in [0.25, 0.3) is 5.91 Å². The third-order valence-corrected chi connectivity index (χ3v) is 6.13. The molecule has 166 valence electrons. The number of pyridine rings is 2. The van der Waals surface area contributed by atoms with Gasteiger partial charge >= 0.3 is 6.03 Å². The molecule has 3 heterocycles. The Morgan fingerprint density at radius 1 is 1.19 bits per heavy atom. The Balaban J connectivity index is 1.71. The van der Waals surface area contributed by atoms with Crippen LogP contribution in [-0.4, -0.2) is 46.4 Å². The Hall–Kier alpha value is -2.90. The standard InChI is InChI=1S/C23H23Cl2N5O2/c1-3-4-10-29-11-12-30(23(29)32)20-14(2)13-27-19-15(20)6-5-7-17(19)28-22(31)18-16(24)8-9-26-21(18)25/h5-9,13H,3-4,10-12H2,1-2H3,(H,28,31). The van der Waals surface area contributed by atoms with E-state index in [1.165, 1.54) is 12.3 Å². The molecule has 1 aromatic carbocycles. The lowest BCUT2D eigenvalue weighted by Gasteiger charge is -2.22. The number of benzene rings is 1. The summed E-state index contributed by atoms with van der Waals surface area (Å²) in [6.45, 7) is 6.10. The van der Waals surface area contributed by atoms with Crippen LogP contribution >= 0.6 is 23.2 Å². The van der Waals surface area contributed by atoms with E-state index < -0.39 is 5.91 Å². The number of nitrogens with zero attached hydrogens (tertiary/aromatic N) is 4. The number of aromatic nitrogens is 2. The van der Waals surface area contributed by atoms with Crippen molar-refractivity contribution in [1.29, 1.82) is 0 Å². The normalized spacial score (nSPS) is 13.8. The second-order valence-electron chi connectivity index (χ2n) is 7.68. The van der Waals surface area contributed by atoms with Crippen molar-refractivity contribution in [2.24, 2.45) is 0 Å². The van der Waals surface area contributed by atoms with Crippen LogP contribution in [0.25, 0.3) is 10.9 Å². The van der Waals surface area contributed by atoms with E-state index in [9.17, 15) is 9.59 Å². The van der Waals surface area contributed by atoms with Gasteiger partial charge in [-0.2, -0.15) is 0 Å². The number of hydrogen-bond acceptors (Lipinski definition) is 4. The predicted octanol–water partition coefficient (Wildman–Crippen LogP) is 5.54. The molecule has 2 aromatic heterocycles. The van der Waals surface area contributed by atoms with Gasteiger partial charge in [0, 0.05) is 37.4 Å². The number of unbranched alkanes of at least 4 members (excludes halogenated alkanes) is 1. The molecule has 1 fully saturated rings. The van der Waals surface area contributed by atoms with E-state index in [-0.39, 0.29) is 21.8 Å². The third kappa shape index (κ3) is 4.10. The van der Waals surface area contributed by atoms with Gasteiger partial charge in [-0.1, -0.05) is 48.7 Å². The second kappa shape index (κ2) is 9.30. The van der Waals surface area contributed by atoms with Gasteiger partial charge in [0.2, 0.25) is 0 Å². The summed E-state index contributed by atoms with van der Waals surface area (Å²) in [7, 11) is 0. The Morgan fingerprint density at radius 3 is 2.75 bits per heavy atom. The summed E-state index contributed by atoms with van der Waals surface area (Å²) in [6.07, 6.45) is 5.17. The van der Waals surface area contributed by atoms with Crippen LogP contribution in [0.2, 0.25) is 10.2 Å². The number of halogens is 2. The smallest absolute Gasteiger partial charge is 0.323 e. The zero-order valence-electron chi connectivity index (χ0n) is 17.9. The van der Waals surface area contributed by atoms with E-state index in [0.29, 0.717) is 24.3 Å². The molecule has 3 aromatic rings. The topological polar surface area (TPSA) is 78.4 Å². The number of rotatable bonds is 6. The molecular weight excluding hydrogens is 449 g/mol. The maximum atomic E-state index is 13.1. The van der Waals surface area contributed by atoms with Gasteiger partial charge in [-0.25, -0.2) is 9.78 Å². The number of hydrogen-bond donors (Lipinski definition) is 1. The first kappa shape index (κ1) is 22.3. The molecular formula is C23H23Cl2N5O2. The van der Waals surface area contributed by atoms with Crippen molar-refractivity contribution in [1.82, 2.24) is 14.9 Å². The minimum absolute atomic E-state index is 0.00240. The number of para-hydroxylation sites is 1. The maximum absolute atomic E-state index is 13.1. The lowest BCUT2D eigenvalue weighted by Crippen LogP contribution is -2.33. The van der Waals surface area contributed by atoms with Crippen LogP contribution in [0.4, 0.5) is 16.2 Å². The zero-order valence-corrected chi connectivity index (χ0v) is 19.4. The highest BCUT2D eigenvalue weighted by molar-refractivity contribution is 6.39. The predicted molar refractivity (Wildman–Crippen MR) is 128 cm³/mol. The first-order valence-electron chi connectivity index (χ1n) is 10.5. The van der Waals surface area contributed by atoms with Crippen molar-refractivity contribution < 1.29 is 9.59 Å². The molecule has 3 amide bonds. The van der Waals surface area contributed by atoms with Crippen molar-refractivity contribution in [3.05, 3.63) is 58.0 Å². The molecule has 4 rings (SSSR count). The molecule has 0 unspecified atom stereocenters. The summed E-state index contributed by atoms with van der Waals surface area (Å²) in [5.41, 5.74) is 2.88. The monoisotopic (exact) mass is 471 g/mol. The summed E-state index contributed by atoms with van der Waals surface area (Å²) in [5, 5.41) is 3.87. The number of urea groups is 1. The summed E-state index contributed by atoms with van der Waals surface area (Å²) in [5.74, 6) is -0.479. The van der Waals surface area contributed by atoms with Crippen LogP contribution in [0, 0.1) is 6.92 Å². The molecule has 0 bridgehead atoms. The van der Waals surface area contributed by atoms with Gasteiger partial charge in [-0.3, -0.25) is 14.7 Å². The summed E-state index contributed by atoms with van der Waals surface area (Å²) in [6, 6.07) is 6.99. The fourth-order valence-electron chi connectivity index (χ4n) is 3.92. The van der Waals surface area contributed by atoms with Crippen LogP contribution < -0.4 is 10.2 Å². The number of amides is 3. The highest BCUT2D eigenvalue weighted by atomic mass is 35.5. The molecule has 1 N–H and O–H groups in total. The van der Waals surface area contributed by atoms with Crippen molar-refractivity contribution in [2.45, 2.75) is 26.7 Å². The minimum Gasteiger partial charge on any atom is -0.323 e. The highest BCUT2D eigenvalue weighted by Gasteiger charge is 2.31. The fraction of sp³-hybridized carbons (Fsp3) is 0.304. The molecule has 9 heteroatoms. The van der Waals surface area contributed by atoms with Crippen molar-refractivity contribution in [3.8, 4) is 0 Å². The van der Waals surface area contributed by atoms with Gasteiger partial charge in [-0.15, -0.1) is 0 Å². The van der Waals surface area contributed by atoms with Gasteiger partial charge in [0.15, 0.2) is 0 Å². The highest BCUT2D eigenvalue weighted by Crippen LogP contribution is 2.35. The summed E-state index contributed by atoms with van der Waals surface area (Å²) in [4.78, 5) is 38.1.